The molecule has 2 aromatic carbocycles. The second-order valence-corrected chi connectivity index (χ2v) is 8.76. The van der Waals surface area contributed by atoms with Crippen LogP contribution in [-0.4, -0.2) is 29.8 Å². The lowest BCUT2D eigenvalue weighted by Crippen LogP contribution is -2.32. The van der Waals surface area contributed by atoms with Crippen molar-refractivity contribution in [3.63, 3.8) is 0 Å². The van der Waals surface area contributed by atoms with Crippen LogP contribution < -0.4 is 10.1 Å². The average molecular weight is 413 g/mol. The molecule has 3 aromatic rings. The van der Waals surface area contributed by atoms with E-state index in [1.54, 1.807) is 18.4 Å². The number of hydrogen-bond acceptors (Lipinski definition) is 5. The van der Waals surface area contributed by atoms with Crippen LogP contribution in [-0.2, 0) is 11.2 Å². The molecule has 0 spiro atoms. The Labute approximate surface area is 174 Å². The maximum Gasteiger partial charge on any atom is 0.233 e. The van der Waals surface area contributed by atoms with E-state index < -0.39 is 0 Å². The number of aryl methyl sites for hydroxylation is 1. The molecule has 146 valence electrons. The standard InChI is InChI=1S/C22H24N2O2S2/c1-15-4-6-17(7-5-15)22-24-18(14-27-22)12-13-23-21(25)16(2)28-20-10-8-19(26-3)9-11-20/h4-11,14,16H,12-13H2,1-3H3,(H,23,25). The van der Waals surface area contributed by atoms with Gasteiger partial charge in [0.15, 0.2) is 0 Å². The van der Waals surface area contributed by atoms with E-state index in [1.807, 2.05) is 31.2 Å². The second-order valence-electron chi connectivity index (χ2n) is 6.49. The van der Waals surface area contributed by atoms with Gasteiger partial charge in [0.1, 0.15) is 10.8 Å². The minimum absolute atomic E-state index is 0.0369. The SMILES string of the molecule is COc1ccc(SC(C)C(=O)NCCc2csc(-c3ccc(C)cc3)n2)cc1. The summed E-state index contributed by atoms with van der Waals surface area (Å²) in [4.78, 5) is 18.1. The number of amides is 1. The molecule has 0 saturated heterocycles. The topological polar surface area (TPSA) is 51.2 Å². The average Bonchev–Trinajstić information content (AvgIpc) is 3.18. The molecule has 0 fully saturated rings. The summed E-state index contributed by atoms with van der Waals surface area (Å²) >= 11 is 3.18. The van der Waals surface area contributed by atoms with Crippen molar-refractivity contribution in [3.05, 3.63) is 65.2 Å². The van der Waals surface area contributed by atoms with Crippen molar-refractivity contribution in [1.29, 1.82) is 0 Å². The van der Waals surface area contributed by atoms with Crippen molar-refractivity contribution in [2.24, 2.45) is 0 Å². The molecule has 1 heterocycles. The highest BCUT2D eigenvalue weighted by molar-refractivity contribution is 8.00. The number of rotatable bonds is 8. The fourth-order valence-corrected chi connectivity index (χ4v) is 4.37. The third-order valence-electron chi connectivity index (χ3n) is 4.27. The predicted octanol–water partition coefficient (Wildman–Crippen LogP) is 4.97. The minimum Gasteiger partial charge on any atom is -0.497 e. The van der Waals surface area contributed by atoms with Gasteiger partial charge in [0.25, 0.3) is 0 Å². The summed E-state index contributed by atoms with van der Waals surface area (Å²) in [5.74, 6) is 0.851. The molecule has 0 saturated carbocycles. The van der Waals surface area contributed by atoms with Gasteiger partial charge in [0.2, 0.25) is 5.91 Å². The van der Waals surface area contributed by atoms with E-state index in [9.17, 15) is 4.79 Å². The number of carbonyl (C=O) groups excluding carboxylic acids is 1. The smallest absolute Gasteiger partial charge is 0.233 e. The summed E-state index contributed by atoms with van der Waals surface area (Å²) in [7, 11) is 1.64. The number of thiazole rings is 1. The Kier molecular flexibility index (Phi) is 7.12. The zero-order valence-electron chi connectivity index (χ0n) is 16.3. The van der Waals surface area contributed by atoms with Gasteiger partial charge >= 0.3 is 0 Å². The van der Waals surface area contributed by atoms with Crippen LogP contribution in [0, 0.1) is 6.92 Å². The molecule has 0 bridgehead atoms. The lowest BCUT2D eigenvalue weighted by molar-refractivity contribution is -0.120. The van der Waals surface area contributed by atoms with Gasteiger partial charge < -0.3 is 10.1 Å². The number of nitrogens with zero attached hydrogens (tertiary/aromatic N) is 1. The molecule has 1 amide bonds. The highest BCUT2D eigenvalue weighted by Gasteiger charge is 2.14. The van der Waals surface area contributed by atoms with Crippen molar-refractivity contribution in [1.82, 2.24) is 10.3 Å². The quantitative estimate of drug-likeness (QED) is 0.531. The van der Waals surface area contributed by atoms with Crippen molar-refractivity contribution < 1.29 is 9.53 Å². The van der Waals surface area contributed by atoms with Crippen molar-refractivity contribution >= 4 is 29.0 Å². The molecule has 1 aromatic heterocycles. The zero-order valence-corrected chi connectivity index (χ0v) is 17.9. The number of thioether (sulfide) groups is 1. The van der Waals surface area contributed by atoms with Crippen LogP contribution in [0.1, 0.15) is 18.2 Å². The minimum atomic E-state index is -0.160. The van der Waals surface area contributed by atoms with Crippen molar-refractivity contribution in [2.75, 3.05) is 13.7 Å². The molecule has 0 aliphatic heterocycles. The van der Waals surface area contributed by atoms with Crippen LogP contribution in [0.4, 0.5) is 0 Å². The monoisotopic (exact) mass is 412 g/mol. The number of nitrogens with one attached hydrogen (secondary N) is 1. The molecule has 0 radical (unpaired) electrons. The van der Waals surface area contributed by atoms with E-state index in [1.165, 1.54) is 17.3 Å². The first-order valence-corrected chi connectivity index (χ1v) is 10.9. The lowest BCUT2D eigenvalue weighted by Gasteiger charge is -2.12. The zero-order chi connectivity index (χ0) is 19.9. The Morgan fingerprint density at radius 3 is 2.57 bits per heavy atom. The van der Waals surface area contributed by atoms with E-state index in [2.05, 4.69) is 46.9 Å². The Bertz CT molecular complexity index is 905. The van der Waals surface area contributed by atoms with E-state index in [4.69, 9.17) is 4.74 Å². The van der Waals surface area contributed by atoms with Crippen LogP contribution in [0.3, 0.4) is 0 Å². The first-order chi connectivity index (χ1) is 13.5. The summed E-state index contributed by atoms with van der Waals surface area (Å²) in [6.07, 6.45) is 0.730. The number of ether oxygens (including phenoxy) is 1. The summed E-state index contributed by atoms with van der Waals surface area (Å²) < 4.78 is 5.16. The maximum atomic E-state index is 12.3. The van der Waals surface area contributed by atoms with Crippen LogP contribution in [0.15, 0.2) is 58.8 Å². The number of benzene rings is 2. The van der Waals surface area contributed by atoms with Gasteiger partial charge in [-0.1, -0.05) is 29.8 Å². The van der Waals surface area contributed by atoms with Gasteiger partial charge in [0, 0.05) is 28.8 Å². The fraction of sp³-hybridized carbons (Fsp3) is 0.273. The Balaban J connectivity index is 1.46. The second kappa shape index (κ2) is 9.75. The van der Waals surface area contributed by atoms with Crippen LogP contribution in [0.2, 0.25) is 0 Å². The summed E-state index contributed by atoms with van der Waals surface area (Å²) in [5, 5.41) is 5.93. The van der Waals surface area contributed by atoms with Crippen molar-refractivity contribution in [3.8, 4) is 16.3 Å². The van der Waals surface area contributed by atoms with E-state index in [-0.39, 0.29) is 11.2 Å². The van der Waals surface area contributed by atoms with Crippen molar-refractivity contribution in [2.45, 2.75) is 30.4 Å². The largest absolute Gasteiger partial charge is 0.497 e. The predicted molar refractivity (Wildman–Crippen MR) is 117 cm³/mol. The van der Waals surface area contributed by atoms with E-state index >= 15 is 0 Å². The van der Waals surface area contributed by atoms with Gasteiger partial charge in [-0.15, -0.1) is 23.1 Å². The van der Waals surface area contributed by atoms with Gasteiger partial charge in [-0.3, -0.25) is 4.79 Å². The van der Waals surface area contributed by atoms with E-state index in [0.717, 1.165) is 33.3 Å². The molecule has 28 heavy (non-hydrogen) atoms. The lowest BCUT2D eigenvalue weighted by atomic mass is 10.2. The normalized spacial score (nSPS) is 11.8. The van der Waals surface area contributed by atoms with Crippen LogP contribution >= 0.6 is 23.1 Å². The molecule has 0 aliphatic rings. The number of aromatic nitrogens is 1. The Morgan fingerprint density at radius 1 is 1.18 bits per heavy atom. The van der Waals surface area contributed by atoms with E-state index in [0.29, 0.717) is 6.54 Å². The Morgan fingerprint density at radius 2 is 1.89 bits per heavy atom. The molecular formula is C22H24N2O2S2. The third-order valence-corrected chi connectivity index (χ3v) is 6.32. The summed E-state index contributed by atoms with van der Waals surface area (Å²) in [6.45, 7) is 4.58. The summed E-state index contributed by atoms with van der Waals surface area (Å²) in [5.41, 5.74) is 3.39. The molecule has 1 unspecified atom stereocenters. The highest BCUT2D eigenvalue weighted by atomic mass is 32.2. The number of hydrogen-bond donors (Lipinski definition) is 1. The maximum absolute atomic E-state index is 12.3. The molecular weight excluding hydrogens is 388 g/mol. The van der Waals surface area contributed by atoms with Gasteiger partial charge in [-0.25, -0.2) is 4.98 Å². The molecule has 0 aliphatic carbocycles. The highest BCUT2D eigenvalue weighted by Crippen LogP contribution is 2.26. The molecule has 4 nitrogen and oxygen atoms in total. The number of methoxy groups -OCH3 is 1. The summed E-state index contributed by atoms with van der Waals surface area (Å²) in [6, 6.07) is 16.1. The molecule has 1 atom stereocenters. The number of carbonyl (C=O) groups is 1. The first-order valence-electron chi connectivity index (χ1n) is 9.15. The van der Waals surface area contributed by atoms with Crippen LogP contribution in [0.5, 0.6) is 5.75 Å². The molecule has 6 heteroatoms. The third kappa shape index (κ3) is 5.59. The van der Waals surface area contributed by atoms with Gasteiger partial charge in [-0.2, -0.15) is 0 Å². The molecule has 1 N–H and O–H groups in total. The molecule has 3 rings (SSSR count). The van der Waals surface area contributed by atoms with Gasteiger partial charge in [0.05, 0.1) is 18.1 Å². The fourth-order valence-electron chi connectivity index (χ4n) is 2.62. The van der Waals surface area contributed by atoms with Gasteiger partial charge in [-0.05, 0) is 38.1 Å². The van der Waals surface area contributed by atoms with Crippen LogP contribution in [0.25, 0.3) is 10.6 Å². The Hall–Kier alpha value is -2.31. The first kappa shape index (κ1) is 20.4.